The van der Waals surface area contributed by atoms with Crippen LogP contribution < -0.4 is 5.32 Å². The van der Waals surface area contributed by atoms with E-state index in [-0.39, 0.29) is 18.5 Å². The molecule has 0 fully saturated rings. The highest BCUT2D eigenvalue weighted by Gasteiger charge is 2.20. The van der Waals surface area contributed by atoms with Crippen molar-refractivity contribution in [2.45, 2.75) is 418 Å². The molecule has 6 nitrogen and oxygen atoms in total. The Bertz CT molecular complexity index is 1230. The van der Waals surface area contributed by atoms with Gasteiger partial charge in [0, 0.05) is 12.8 Å². The van der Waals surface area contributed by atoms with Gasteiger partial charge in [0.2, 0.25) is 5.91 Å². The number of hydrogen-bond donors (Lipinski definition) is 3. The Labute approximate surface area is 494 Å². The predicted molar refractivity (Wildman–Crippen MR) is 347 cm³/mol. The highest BCUT2D eigenvalue weighted by molar-refractivity contribution is 5.76. The van der Waals surface area contributed by atoms with Crippen molar-refractivity contribution in [3.05, 3.63) is 24.3 Å². The van der Waals surface area contributed by atoms with Crippen molar-refractivity contribution >= 4 is 11.9 Å². The molecular formula is C73H141NO5. The fourth-order valence-corrected chi connectivity index (χ4v) is 11.5. The number of aliphatic hydroxyl groups is 2. The summed E-state index contributed by atoms with van der Waals surface area (Å²) in [5, 5.41) is 23.3. The average Bonchev–Trinajstić information content (AvgIpc) is 3.45. The lowest BCUT2D eigenvalue weighted by Crippen LogP contribution is -2.45. The molecule has 79 heavy (non-hydrogen) atoms. The first-order valence-corrected chi connectivity index (χ1v) is 36.1. The van der Waals surface area contributed by atoms with Crippen molar-refractivity contribution in [2.75, 3.05) is 13.2 Å². The van der Waals surface area contributed by atoms with E-state index in [0.29, 0.717) is 25.9 Å². The Kier molecular flexibility index (Phi) is 67.4. The Hall–Kier alpha value is -1.66. The lowest BCUT2D eigenvalue weighted by molar-refractivity contribution is -0.143. The molecule has 0 aliphatic carbocycles. The molecule has 2 unspecified atom stereocenters. The number of hydrogen-bond acceptors (Lipinski definition) is 5. The number of carbonyl (C=O) groups excluding carboxylic acids is 2. The maximum atomic E-state index is 12.5. The molecule has 0 bridgehead atoms. The number of ether oxygens (including phenoxy) is 1. The van der Waals surface area contributed by atoms with Crippen LogP contribution in [0, 0.1) is 0 Å². The molecular weight excluding hydrogens is 971 g/mol. The van der Waals surface area contributed by atoms with E-state index in [1.54, 1.807) is 0 Å². The number of amides is 1. The largest absolute Gasteiger partial charge is 0.466 e. The topological polar surface area (TPSA) is 95.9 Å². The molecule has 0 rings (SSSR count). The number of carbonyl (C=O) groups is 2. The van der Waals surface area contributed by atoms with E-state index in [1.807, 2.05) is 0 Å². The van der Waals surface area contributed by atoms with Crippen LogP contribution in [-0.4, -0.2) is 47.4 Å². The molecule has 1 amide bonds. The minimum Gasteiger partial charge on any atom is -0.466 e. The van der Waals surface area contributed by atoms with Crippen LogP contribution in [0.4, 0.5) is 0 Å². The number of rotatable bonds is 68. The molecule has 0 aromatic rings. The Morgan fingerprint density at radius 1 is 0.354 bits per heavy atom. The van der Waals surface area contributed by atoms with E-state index >= 15 is 0 Å². The molecule has 0 heterocycles. The van der Waals surface area contributed by atoms with Crippen LogP contribution >= 0.6 is 0 Å². The standard InChI is InChI=1S/C73H141NO5/c1-3-5-7-9-11-13-15-17-43-47-51-55-59-63-67-73(78)79-68-64-60-56-52-48-44-40-38-36-34-32-30-28-26-24-22-20-18-19-21-23-25-27-29-31-33-35-37-39-42-46-50-54-58-62-66-72(77)74-70(69-75)71(76)65-61-57-53-49-45-41-16-14-12-10-8-6-4-2/h20,22,26,28,70-71,75-76H,3-19,21,23-25,27,29-69H2,1-2H3,(H,74,77)/b22-20-,28-26-. The average molecular weight is 1110 g/mol. The van der Waals surface area contributed by atoms with Crippen LogP contribution in [0.25, 0.3) is 0 Å². The lowest BCUT2D eigenvalue weighted by atomic mass is 10.0. The fourth-order valence-electron chi connectivity index (χ4n) is 11.5. The van der Waals surface area contributed by atoms with Gasteiger partial charge in [-0.05, 0) is 57.8 Å². The second-order valence-corrected chi connectivity index (χ2v) is 24.9. The second kappa shape index (κ2) is 68.8. The molecule has 0 spiro atoms. The van der Waals surface area contributed by atoms with Gasteiger partial charge in [-0.2, -0.15) is 0 Å². The summed E-state index contributed by atoms with van der Waals surface area (Å²) >= 11 is 0. The molecule has 0 aliphatic rings. The first-order chi connectivity index (χ1) is 39.0. The van der Waals surface area contributed by atoms with Gasteiger partial charge in [0.05, 0.1) is 25.4 Å². The van der Waals surface area contributed by atoms with Gasteiger partial charge in [0.1, 0.15) is 0 Å². The monoisotopic (exact) mass is 1110 g/mol. The summed E-state index contributed by atoms with van der Waals surface area (Å²) < 4.78 is 5.49. The van der Waals surface area contributed by atoms with Crippen LogP contribution in [-0.2, 0) is 14.3 Å². The molecule has 2 atom stereocenters. The first kappa shape index (κ1) is 77.3. The third-order valence-electron chi connectivity index (χ3n) is 17.0. The SMILES string of the molecule is CCCCCCCCCCCCCCCCC(=O)OCCCCCCCCCCCCC/C=C\C/C=C\CCCCCCCCCCCCCCCCCCCC(=O)NC(CO)C(O)CCCCCCCCCCCCCCC. The van der Waals surface area contributed by atoms with Gasteiger partial charge in [0.25, 0.3) is 0 Å². The van der Waals surface area contributed by atoms with Gasteiger partial charge in [-0.15, -0.1) is 0 Å². The van der Waals surface area contributed by atoms with Crippen molar-refractivity contribution in [3.8, 4) is 0 Å². The molecule has 0 aliphatic heterocycles. The normalized spacial score (nSPS) is 12.6. The zero-order valence-electron chi connectivity index (χ0n) is 53.6. The zero-order valence-corrected chi connectivity index (χ0v) is 53.6. The quantitative estimate of drug-likeness (QED) is 0.0320. The van der Waals surface area contributed by atoms with Crippen molar-refractivity contribution in [1.29, 1.82) is 0 Å². The van der Waals surface area contributed by atoms with Crippen LogP contribution in [0.2, 0.25) is 0 Å². The molecule has 6 heteroatoms. The smallest absolute Gasteiger partial charge is 0.305 e. The maximum Gasteiger partial charge on any atom is 0.305 e. The maximum absolute atomic E-state index is 12.5. The van der Waals surface area contributed by atoms with Gasteiger partial charge in [-0.25, -0.2) is 0 Å². The van der Waals surface area contributed by atoms with Gasteiger partial charge in [-0.1, -0.05) is 359 Å². The molecule has 0 saturated heterocycles. The summed E-state index contributed by atoms with van der Waals surface area (Å²) in [5.74, 6) is -0.0108. The zero-order chi connectivity index (χ0) is 57.1. The van der Waals surface area contributed by atoms with E-state index in [4.69, 9.17) is 4.74 Å². The number of esters is 1. The highest BCUT2D eigenvalue weighted by atomic mass is 16.5. The summed E-state index contributed by atoms with van der Waals surface area (Å²) in [7, 11) is 0. The summed E-state index contributed by atoms with van der Waals surface area (Å²) in [6.45, 7) is 4.98. The van der Waals surface area contributed by atoms with Crippen LogP contribution in [0.15, 0.2) is 24.3 Å². The third-order valence-corrected chi connectivity index (χ3v) is 17.0. The van der Waals surface area contributed by atoms with E-state index in [9.17, 15) is 19.8 Å². The Morgan fingerprint density at radius 3 is 0.962 bits per heavy atom. The van der Waals surface area contributed by atoms with Crippen molar-refractivity contribution in [2.24, 2.45) is 0 Å². The lowest BCUT2D eigenvalue weighted by Gasteiger charge is -2.22. The van der Waals surface area contributed by atoms with Crippen LogP contribution in [0.5, 0.6) is 0 Å². The number of nitrogens with one attached hydrogen (secondary N) is 1. The van der Waals surface area contributed by atoms with Crippen LogP contribution in [0.3, 0.4) is 0 Å². The minimum atomic E-state index is -0.661. The Morgan fingerprint density at radius 2 is 0.633 bits per heavy atom. The van der Waals surface area contributed by atoms with E-state index in [0.717, 1.165) is 44.9 Å². The summed E-state index contributed by atoms with van der Waals surface area (Å²) in [6, 6.07) is -0.538. The summed E-state index contributed by atoms with van der Waals surface area (Å²) in [5.41, 5.74) is 0. The number of unbranched alkanes of at least 4 members (excludes halogenated alkanes) is 53. The molecule has 468 valence electrons. The summed E-state index contributed by atoms with van der Waals surface area (Å²) in [6.07, 6.45) is 86.7. The molecule has 0 saturated carbocycles. The number of aliphatic hydroxyl groups excluding tert-OH is 2. The van der Waals surface area contributed by atoms with E-state index < -0.39 is 12.1 Å². The van der Waals surface area contributed by atoms with E-state index in [2.05, 4.69) is 43.5 Å². The van der Waals surface area contributed by atoms with E-state index in [1.165, 1.54) is 327 Å². The fraction of sp³-hybridized carbons (Fsp3) is 0.918. The molecule has 3 N–H and O–H groups in total. The van der Waals surface area contributed by atoms with Gasteiger partial charge >= 0.3 is 5.97 Å². The van der Waals surface area contributed by atoms with Gasteiger partial charge < -0.3 is 20.3 Å². The van der Waals surface area contributed by atoms with Gasteiger partial charge in [-0.3, -0.25) is 9.59 Å². The number of allylic oxidation sites excluding steroid dienone is 4. The summed E-state index contributed by atoms with van der Waals surface area (Å²) in [4.78, 5) is 24.6. The molecule has 0 radical (unpaired) electrons. The second-order valence-electron chi connectivity index (χ2n) is 24.9. The third kappa shape index (κ3) is 65.4. The van der Waals surface area contributed by atoms with Crippen molar-refractivity contribution < 1.29 is 24.5 Å². The molecule has 0 aromatic heterocycles. The van der Waals surface area contributed by atoms with Crippen LogP contribution in [0.1, 0.15) is 406 Å². The van der Waals surface area contributed by atoms with Crippen molar-refractivity contribution in [3.63, 3.8) is 0 Å². The van der Waals surface area contributed by atoms with Crippen molar-refractivity contribution in [1.82, 2.24) is 5.32 Å². The minimum absolute atomic E-state index is 0.0197. The predicted octanol–water partition coefficient (Wildman–Crippen LogP) is 23.3. The highest BCUT2D eigenvalue weighted by Crippen LogP contribution is 2.19. The van der Waals surface area contributed by atoms with Gasteiger partial charge in [0.15, 0.2) is 0 Å². The molecule has 0 aromatic carbocycles. The first-order valence-electron chi connectivity index (χ1n) is 36.1. The Balaban J connectivity index is 3.35.